The summed E-state index contributed by atoms with van der Waals surface area (Å²) in [4.78, 5) is 0. The van der Waals surface area contributed by atoms with Gasteiger partial charge in [0.1, 0.15) is 0 Å². The number of hydrogen-bond acceptors (Lipinski definition) is 0. The molecule has 11 heavy (non-hydrogen) atoms. The van der Waals surface area contributed by atoms with Crippen molar-refractivity contribution in [3.05, 3.63) is 0 Å². The molecule has 0 spiro atoms. The Kier molecular flexibility index (Phi) is 1.28. The van der Waals surface area contributed by atoms with E-state index in [2.05, 4.69) is 34.6 Å². The molecule has 2 fully saturated rings. The van der Waals surface area contributed by atoms with Gasteiger partial charge in [-0.15, -0.1) is 0 Å². The maximum absolute atomic E-state index is 2.45. The molecular formula is C11H20. The molecule has 2 aliphatic rings. The van der Waals surface area contributed by atoms with Crippen molar-refractivity contribution >= 4 is 0 Å². The first kappa shape index (κ1) is 7.64. The van der Waals surface area contributed by atoms with E-state index < -0.39 is 0 Å². The highest BCUT2D eigenvalue weighted by atomic mass is 14.8. The van der Waals surface area contributed by atoms with Crippen molar-refractivity contribution in [2.24, 2.45) is 35.0 Å². The fourth-order valence-corrected chi connectivity index (χ4v) is 3.54. The summed E-state index contributed by atoms with van der Waals surface area (Å²) in [5.74, 6) is 5.16. The van der Waals surface area contributed by atoms with Gasteiger partial charge in [-0.25, -0.2) is 0 Å². The van der Waals surface area contributed by atoms with E-state index in [0.29, 0.717) is 5.41 Å². The van der Waals surface area contributed by atoms with E-state index in [1.54, 1.807) is 0 Å². The molecule has 0 radical (unpaired) electrons. The molecule has 0 saturated heterocycles. The lowest BCUT2D eigenvalue weighted by molar-refractivity contribution is 0.0683. The molecule has 2 saturated carbocycles. The fourth-order valence-electron chi connectivity index (χ4n) is 3.54. The molecule has 2 aliphatic carbocycles. The topological polar surface area (TPSA) is 0 Å². The monoisotopic (exact) mass is 152 g/mol. The highest BCUT2D eigenvalue weighted by molar-refractivity contribution is 5.18. The first-order chi connectivity index (χ1) is 4.98. The zero-order valence-corrected chi connectivity index (χ0v) is 8.39. The molecule has 0 nitrogen and oxygen atoms in total. The van der Waals surface area contributed by atoms with Gasteiger partial charge < -0.3 is 0 Å². The summed E-state index contributed by atoms with van der Waals surface area (Å²) in [6.07, 6.45) is 0. The first-order valence-corrected chi connectivity index (χ1v) is 4.98. The SMILES string of the molecule is CC(C)C1C2C(C)C(C)(C)C12. The zero-order chi connectivity index (χ0) is 8.39. The minimum absolute atomic E-state index is 0.666. The van der Waals surface area contributed by atoms with Gasteiger partial charge in [0.05, 0.1) is 0 Å². The predicted octanol–water partition coefficient (Wildman–Crippen LogP) is 3.18. The lowest BCUT2D eigenvalue weighted by Gasteiger charge is -2.41. The van der Waals surface area contributed by atoms with Crippen LogP contribution in [0.3, 0.4) is 0 Å². The smallest absolute Gasteiger partial charge is 0.0292 e. The molecule has 0 aromatic rings. The van der Waals surface area contributed by atoms with Crippen molar-refractivity contribution in [3.8, 4) is 0 Å². The standard InChI is InChI=1S/C11H20/c1-6(2)8-9-7(3)11(4,5)10(8)9/h6-10H,1-5H3. The Morgan fingerprint density at radius 3 is 1.91 bits per heavy atom. The van der Waals surface area contributed by atoms with Crippen LogP contribution in [-0.2, 0) is 0 Å². The maximum atomic E-state index is 2.45. The van der Waals surface area contributed by atoms with Crippen LogP contribution in [0.5, 0.6) is 0 Å². The van der Waals surface area contributed by atoms with Crippen molar-refractivity contribution in [2.45, 2.75) is 34.6 Å². The van der Waals surface area contributed by atoms with Gasteiger partial charge in [-0.2, -0.15) is 0 Å². The second-order valence-corrected chi connectivity index (χ2v) is 5.53. The first-order valence-electron chi connectivity index (χ1n) is 4.98. The van der Waals surface area contributed by atoms with E-state index in [0.717, 1.165) is 29.6 Å². The fraction of sp³-hybridized carbons (Fsp3) is 1.00. The summed E-state index contributed by atoms with van der Waals surface area (Å²) in [7, 11) is 0. The molecule has 4 atom stereocenters. The molecule has 0 N–H and O–H groups in total. The minimum Gasteiger partial charge on any atom is -0.0625 e. The lowest BCUT2D eigenvalue weighted by atomic mass is 9.64. The summed E-state index contributed by atoms with van der Waals surface area (Å²) >= 11 is 0. The zero-order valence-electron chi connectivity index (χ0n) is 8.39. The second-order valence-electron chi connectivity index (χ2n) is 5.53. The number of fused-ring (bicyclic) bond motifs is 1. The molecule has 64 valence electrons. The van der Waals surface area contributed by atoms with Crippen LogP contribution in [0, 0.1) is 35.0 Å². The van der Waals surface area contributed by atoms with E-state index in [4.69, 9.17) is 0 Å². The summed E-state index contributed by atoms with van der Waals surface area (Å²) < 4.78 is 0. The van der Waals surface area contributed by atoms with E-state index in [-0.39, 0.29) is 0 Å². The minimum atomic E-state index is 0.666. The van der Waals surface area contributed by atoms with Gasteiger partial charge in [-0.05, 0) is 35.0 Å². The van der Waals surface area contributed by atoms with Gasteiger partial charge in [0, 0.05) is 0 Å². The van der Waals surface area contributed by atoms with E-state index >= 15 is 0 Å². The van der Waals surface area contributed by atoms with Crippen LogP contribution in [0.25, 0.3) is 0 Å². The number of rotatable bonds is 1. The van der Waals surface area contributed by atoms with Crippen molar-refractivity contribution in [2.75, 3.05) is 0 Å². The summed E-state index contributed by atoms with van der Waals surface area (Å²) in [6, 6.07) is 0. The third kappa shape index (κ3) is 0.711. The Morgan fingerprint density at radius 2 is 1.73 bits per heavy atom. The molecule has 0 aliphatic heterocycles. The summed E-state index contributed by atoms with van der Waals surface area (Å²) in [6.45, 7) is 12.1. The second kappa shape index (κ2) is 1.84. The van der Waals surface area contributed by atoms with Gasteiger partial charge in [-0.1, -0.05) is 34.6 Å². The molecular weight excluding hydrogens is 132 g/mol. The average molecular weight is 152 g/mol. The Balaban J connectivity index is 2.08. The normalized spacial score (nSPS) is 51.8. The van der Waals surface area contributed by atoms with Crippen LogP contribution in [0.2, 0.25) is 0 Å². The summed E-state index contributed by atoms with van der Waals surface area (Å²) in [5.41, 5.74) is 0.666. The third-order valence-electron chi connectivity index (χ3n) is 4.51. The molecule has 0 heterocycles. The average Bonchev–Trinajstić information content (AvgIpc) is 2.58. The van der Waals surface area contributed by atoms with E-state index in [1.165, 1.54) is 0 Å². The molecule has 2 rings (SSSR count). The predicted molar refractivity (Wildman–Crippen MR) is 48.3 cm³/mol. The highest BCUT2D eigenvalue weighted by Gasteiger charge is 2.71. The number of hydrogen-bond donors (Lipinski definition) is 0. The largest absolute Gasteiger partial charge is 0.0625 e. The summed E-state index contributed by atoms with van der Waals surface area (Å²) in [5, 5.41) is 0. The Bertz CT molecular complexity index is 174. The van der Waals surface area contributed by atoms with E-state index in [1.807, 2.05) is 0 Å². The Morgan fingerprint density at radius 1 is 1.18 bits per heavy atom. The quantitative estimate of drug-likeness (QED) is 0.541. The highest BCUT2D eigenvalue weighted by Crippen LogP contribution is 2.76. The van der Waals surface area contributed by atoms with Gasteiger partial charge in [0.2, 0.25) is 0 Å². The van der Waals surface area contributed by atoms with Crippen LogP contribution >= 0.6 is 0 Å². The van der Waals surface area contributed by atoms with Crippen LogP contribution < -0.4 is 0 Å². The Hall–Kier alpha value is 0. The molecule has 0 heteroatoms. The van der Waals surface area contributed by atoms with Gasteiger partial charge in [-0.3, -0.25) is 0 Å². The van der Waals surface area contributed by atoms with Gasteiger partial charge in [0.15, 0.2) is 0 Å². The van der Waals surface area contributed by atoms with Crippen molar-refractivity contribution in [3.63, 3.8) is 0 Å². The lowest BCUT2D eigenvalue weighted by Crippen LogP contribution is -2.35. The molecule has 0 aromatic carbocycles. The maximum Gasteiger partial charge on any atom is -0.0292 e. The third-order valence-corrected chi connectivity index (χ3v) is 4.51. The van der Waals surface area contributed by atoms with Crippen LogP contribution in [-0.4, -0.2) is 0 Å². The molecule has 0 bridgehead atoms. The van der Waals surface area contributed by atoms with Crippen LogP contribution in [0.4, 0.5) is 0 Å². The van der Waals surface area contributed by atoms with Gasteiger partial charge >= 0.3 is 0 Å². The molecule has 0 amide bonds. The van der Waals surface area contributed by atoms with Gasteiger partial charge in [0.25, 0.3) is 0 Å². The van der Waals surface area contributed by atoms with Crippen molar-refractivity contribution < 1.29 is 0 Å². The van der Waals surface area contributed by atoms with Crippen LogP contribution in [0.15, 0.2) is 0 Å². The molecule has 0 aromatic heterocycles. The van der Waals surface area contributed by atoms with Crippen LogP contribution in [0.1, 0.15) is 34.6 Å². The Labute approximate surface area is 70.4 Å². The van der Waals surface area contributed by atoms with Crippen molar-refractivity contribution in [1.82, 2.24) is 0 Å². The molecule has 4 unspecified atom stereocenters. The van der Waals surface area contributed by atoms with Crippen molar-refractivity contribution in [1.29, 1.82) is 0 Å². The van der Waals surface area contributed by atoms with E-state index in [9.17, 15) is 0 Å².